The zero-order chi connectivity index (χ0) is 20.0. The van der Waals surface area contributed by atoms with E-state index in [-0.39, 0.29) is 12.3 Å². The van der Waals surface area contributed by atoms with Gasteiger partial charge in [-0.1, -0.05) is 71.9 Å². The SMILES string of the molecule is CC(C)[Si](OC1CCCCN1C(=O)OCc1ccccc1)(C(C)C)C(C)C. The summed E-state index contributed by atoms with van der Waals surface area (Å²) in [5.74, 6) is 0. The topological polar surface area (TPSA) is 38.8 Å². The summed E-state index contributed by atoms with van der Waals surface area (Å²) < 4.78 is 12.5. The van der Waals surface area contributed by atoms with E-state index in [1.54, 1.807) is 0 Å². The average Bonchev–Trinajstić information content (AvgIpc) is 2.64. The molecule has 1 aliphatic heterocycles. The second-order valence-electron chi connectivity index (χ2n) is 8.62. The maximum absolute atomic E-state index is 12.8. The highest BCUT2D eigenvalue weighted by molar-refractivity contribution is 6.77. The van der Waals surface area contributed by atoms with Crippen LogP contribution in [-0.2, 0) is 15.8 Å². The van der Waals surface area contributed by atoms with Gasteiger partial charge in [-0.05, 0) is 41.4 Å². The van der Waals surface area contributed by atoms with Crippen molar-refractivity contribution in [2.45, 2.75) is 90.3 Å². The molecule has 152 valence electrons. The van der Waals surface area contributed by atoms with Crippen LogP contribution in [0.25, 0.3) is 0 Å². The van der Waals surface area contributed by atoms with Crippen molar-refractivity contribution < 1.29 is 14.0 Å². The van der Waals surface area contributed by atoms with Gasteiger partial charge in [0.2, 0.25) is 8.32 Å². The van der Waals surface area contributed by atoms with Crippen molar-refractivity contribution in [3.05, 3.63) is 35.9 Å². The van der Waals surface area contributed by atoms with E-state index in [2.05, 4.69) is 41.5 Å². The van der Waals surface area contributed by atoms with Crippen LogP contribution < -0.4 is 0 Å². The molecule has 1 heterocycles. The highest BCUT2D eigenvalue weighted by Gasteiger charge is 2.48. The Labute approximate surface area is 166 Å². The third-order valence-electron chi connectivity index (χ3n) is 5.93. The van der Waals surface area contributed by atoms with Gasteiger partial charge in [0.1, 0.15) is 12.8 Å². The number of likely N-dealkylation sites (tertiary alicyclic amines) is 1. The summed E-state index contributed by atoms with van der Waals surface area (Å²) in [5, 5.41) is 0. The predicted molar refractivity (Wildman–Crippen MR) is 113 cm³/mol. The van der Waals surface area contributed by atoms with E-state index in [0.717, 1.165) is 31.4 Å². The van der Waals surface area contributed by atoms with Crippen LogP contribution in [0.1, 0.15) is 66.4 Å². The van der Waals surface area contributed by atoms with Crippen LogP contribution in [0, 0.1) is 0 Å². The molecule has 0 spiro atoms. The van der Waals surface area contributed by atoms with E-state index in [9.17, 15) is 4.79 Å². The second kappa shape index (κ2) is 9.74. The third-order valence-corrected chi connectivity index (χ3v) is 12.0. The van der Waals surface area contributed by atoms with Crippen molar-refractivity contribution in [1.29, 1.82) is 0 Å². The normalized spacial score (nSPS) is 18.4. The van der Waals surface area contributed by atoms with Crippen LogP contribution in [0.4, 0.5) is 4.79 Å². The van der Waals surface area contributed by atoms with Crippen molar-refractivity contribution in [2.24, 2.45) is 0 Å². The predicted octanol–water partition coefficient (Wildman–Crippen LogP) is 6.33. The van der Waals surface area contributed by atoms with Crippen LogP contribution in [0.5, 0.6) is 0 Å². The molecule has 1 amide bonds. The molecule has 1 aromatic carbocycles. The fourth-order valence-electron chi connectivity index (χ4n) is 4.68. The molecule has 0 aromatic heterocycles. The second-order valence-corrected chi connectivity index (χ2v) is 14.0. The number of carbonyl (C=O) groups is 1. The number of benzene rings is 1. The maximum atomic E-state index is 12.8. The van der Waals surface area contributed by atoms with Crippen molar-refractivity contribution in [3.63, 3.8) is 0 Å². The average molecular weight is 392 g/mol. The van der Waals surface area contributed by atoms with Gasteiger partial charge in [0.15, 0.2) is 0 Å². The smallest absolute Gasteiger partial charge is 0.412 e. The Bertz CT molecular complexity index is 567. The highest BCUT2D eigenvalue weighted by Crippen LogP contribution is 2.44. The summed E-state index contributed by atoms with van der Waals surface area (Å²) in [5.41, 5.74) is 2.51. The first kappa shape index (κ1) is 22.0. The summed E-state index contributed by atoms with van der Waals surface area (Å²) in [6.07, 6.45) is 2.62. The van der Waals surface area contributed by atoms with Gasteiger partial charge in [-0.3, -0.25) is 4.90 Å². The number of rotatable bonds is 7. The van der Waals surface area contributed by atoms with E-state index >= 15 is 0 Å². The van der Waals surface area contributed by atoms with Gasteiger partial charge in [-0.25, -0.2) is 4.79 Å². The van der Waals surface area contributed by atoms with Gasteiger partial charge in [0.05, 0.1) is 0 Å². The minimum Gasteiger partial charge on any atom is -0.444 e. The van der Waals surface area contributed by atoms with Crippen LogP contribution in [-0.4, -0.2) is 32.1 Å². The molecule has 0 N–H and O–H groups in total. The monoisotopic (exact) mass is 391 g/mol. The van der Waals surface area contributed by atoms with Crippen LogP contribution >= 0.6 is 0 Å². The maximum Gasteiger partial charge on any atom is 0.412 e. The molecule has 1 aromatic rings. The molecule has 0 radical (unpaired) electrons. The van der Waals surface area contributed by atoms with Crippen LogP contribution in [0.15, 0.2) is 30.3 Å². The van der Waals surface area contributed by atoms with E-state index in [1.165, 1.54) is 0 Å². The molecular weight excluding hydrogens is 354 g/mol. The minimum atomic E-state index is -2.04. The molecule has 0 aliphatic carbocycles. The molecule has 5 heteroatoms. The minimum absolute atomic E-state index is 0.152. The van der Waals surface area contributed by atoms with E-state index < -0.39 is 8.32 Å². The molecule has 1 saturated heterocycles. The summed E-state index contributed by atoms with van der Waals surface area (Å²) in [6, 6.07) is 9.85. The Morgan fingerprint density at radius 1 is 1.04 bits per heavy atom. The number of amides is 1. The number of piperidine rings is 1. The van der Waals surface area contributed by atoms with Crippen molar-refractivity contribution in [1.82, 2.24) is 4.90 Å². The van der Waals surface area contributed by atoms with Crippen LogP contribution in [0.3, 0.4) is 0 Å². The number of hydrogen-bond donors (Lipinski definition) is 0. The summed E-state index contributed by atoms with van der Waals surface area (Å²) in [6.45, 7) is 14.7. The number of nitrogens with zero attached hydrogens (tertiary/aromatic N) is 1. The molecule has 1 aliphatic rings. The number of ether oxygens (including phenoxy) is 1. The lowest BCUT2D eigenvalue weighted by atomic mass is 10.1. The molecule has 4 nitrogen and oxygen atoms in total. The Morgan fingerprint density at radius 2 is 1.63 bits per heavy atom. The van der Waals surface area contributed by atoms with Crippen molar-refractivity contribution >= 4 is 14.4 Å². The molecule has 0 saturated carbocycles. The standard InChI is InChI=1S/C22H37NO3Si/c1-17(2)27(18(3)4,19(5)6)26-21-14-10-11-15-23(21)22(24)25-16-20-12-8-7-9-13-20/h7-9,12-13,17-19,21H,10-11,14-16H2,1-6H3. The molecule has 0 bridgehead atoms. The van der Waals surface area contributed by atoms with Gasteiger partial charge in [0, 0.05) is 6.54 Å². The lowest BCUT2D eigenvalue weighted by Gasteiger charge is -2.47. The highest BCUT2D eigenvalue weighted by atomic mass is 28.4. The zero-order valence-electron chi connectivity index (χ0n) is 17.9. The first-order valence-electron chi connectivity index (χ1n) is 10.4. The van der Waals surface area contributed by atoms with Gasteiger partial charge in [-0.2, -0.15) is 0 Å². The fourth-order valence-corrected chi connectivity index (χ4v) is 10.2. The van der Waals surface area contributed by atoms with E-state index in [1.807, 2.05) is 35.2 Å². The Morgan fingerprint density at radius 3 is 2.19 bits per heavy atom. The molecule has 1 atom stereocenters. The van der Waals surface area contributed by atoms with E-state index in [4.69, 9.17) is 9.16 Å². The summed E-state index contributed by atoms with van der Waals surface area (Å²) in [4.78, 5) is 14.7. The Hall–Kier alpha value is -1.33. The lowest BCUT2D eigenvalue weighted by molar-refractivity contribution is -0.0179. The third kappa shape index (κ3) is 5.14. The molecule has 2 rings (SSSR count). The molecule has 1 fully saturated rings. The Kier molecular flexibility index (Phi) is 7.92. The number of carbonyl (C=O) groups excluding carboxylic acids is 1. The lowest BCUT2D eigenvalue weighted by Crippen LogP contribution is -2.56. The molecule has 1 unspecified atom stereocenters. The molecular formula is C22H37NO3Si. The quantitative estimate of drug-likeness (QED) is 0.510. The summed E-state index contributed by atoms with van der Waals surface area (Å²) in [7, 11) is -2.04. The van der Waals surface area contributed by atoms with Crippen molar-refractivity contribution in [3.8, 4) is 0 Å². The van der Waals surface area contributed by atoms with Gasteiger partial charge >= 0.3 is 6.09 Å². The molecule has 27 heavy (non-hydrogen) atoms. The van der Waals surface area contributed by atoms with Gasteiger partial charge < -0.3 is 9.16 Å². The first-order chi connectivity index (χ1) is 12.8. The van der Waals surface area contributed by atoms with Crippen LogP contribution in [0.2, 0.25) is 16.6 Å². The first-order valence-corrected chi connectivity index (χ1v) is 12.6. The Balaban J connectivity index is 2.12. The van der Waals surface area contributed by atoms with E-state index in [0.29, 0.717) is 23.2 Å². The summed E-state index contributed by atoms with van der Waals surface area (Å²) >= 11 is 0. The zero-order valence-corrected chi connectivity index (χ0v) is 18.9. The van der Waals surface area contributed by atoms with Gasteiger partial charge in [0.25, 0.3) is 0 Å². The number of hydrogen-bond acceptors (Lipinski definition) is 3. The largest absolute Gasteiger partial charge is 0.444 e. The van der Waals surface area contributed by atoms with Crippen molar-refractivity contribution in [2.75, 3.05) is 6.54 Å². The fraction of sp³-hybridized carbons (Fsp3) is 0.682. The van der Waals surface area contributed by atoms with Gasteiger partial charge in [-0.15, -0.1) is 0 Å².